The third kappa shape index (κ3) is 2.94. The summed E-state index contributed by atoms with van der Waals surface area (Å²) in [5.41, 5.74) is 1.06. The van der Waals surface area contributed by atoms with Gasteiger partial charge in [-0.1, -0.05) is 18.1 Å². The molecule has 0 aromatic carbocycles. The Labute approximate surface area is 74.0 Å². The molecule has 12 heavy (non-hydrogen) atoms. The molecule has 1 N–H and O–H groups in total. The highest BCUT2D eigenvalue weighted by Crippen LogP contribution is 2.14. The predicted molar refractivity (Wildman–Crippen MR) is 50.0 cm³/mol. The number of halogens is 1. The van der Waals surface area contributed by atoms with Gasteiger partial charge in [-0.25, -0.2) is 4.39 Å². The van der Waals surface area contributed by atoms with Gasteiger partial charge in [0.15, 0.2) is 0 Å². The maximum atomic E-state index is 13.4. The van der Waals surface area contributed by atoms with Gasteiger partial charge in [-0.3, -0.25) is 0 Å². The summed E-state index contributed by atoms with van der Waals surface area (Å²) in [4.78, 5) is 0. The van der Waals surface area contributed by atoms with E-state index in [1.807, 2.05) is 13.8 Å². The maximum absolute atomic E-state index is 13.4. The van der Waals surface area contributed by atoms with Crippen molar-refractivity contribution in [3.05, 3.63) is 11.6 Å². The van der Waals surface area contributed by atoms with E-state index < -0.39 is 6.17 Å². The lowest BCUT2D eigenvalue weighted by Gasteiger charge is -2.25. The van der Waals surface area contributed by atoms with Gasteiger partial charge in [0, 0.05) is 6.04 Å². The molecule has 1 fully saturated rings. The van der Waals surface area contributed by atoms with Crippen LogP contribution in [0.1, 0.15) is 33.1 Å². The smallest absolute Gasteiger partial charge is 0.134 e. The Bertz CT molecular complexity index is 155. The largest absolute Gasteiger partial charge is 0.311 e. The molecule has 0 aromatic heterocycles. The minimum absolute atomic E-state index is 0.0636. The lowest BCUT2D eigenvalue weighted by atomic mass is 10.00. The van der Waals surface area contributed by atoms with Crippen LogP contribution in [0.4, 0.5) is 4.39 Å². The van der Waals surface area contributed by atoms with Gasteiger partial charge in [0.25, 0.3) is 0 Å². The molecule has 2 heteroatoms. The van der Waals surface area contributed by atoms with Crippen LogP contribution in [0.15, 0.2) is 11.6 Å². The molecule has 1 nitrogen and oxygen atoms in total. The highest BCUT2D eigenvalue weighted by molar-refractivity contribution is 5.02. The molecule has 2 unspecified atom stereocenters. The van der Waals surface area contributed by atoms with Crippen molar-refractivity contribution in [2.45, 2.75) is 45.3 Å². The van der Waals surface area contributed by atoms with Gasteiger partial charge in [0.1, 0.15) is 6.17 Å². The van der Waals surface area contributed by atoms with E-state index in [1.165, 1.54) is 6.42 Å². The number of rotatable bonds is 2. The first-order valence-electron chi connectivity index (χ1n) is 4.72. The maximum Gasteiger partial charge on any atom is 0.134 e. The number of hydrogen-bond donors (Lipinski definition) is 1. The van der Waals surface area contributed by atoms with Gasteiger partial charge in [-0.05, 0) is 33.2 Å². The summed E-state index contributed by atoms with van der Waals surface area (Å²) in [6.45, 7) is 4.85. The van der Waals surface area contributed by atoms with Gasteiger partial charge in [0.2, 0.25) is 0 Å². The molecular weight excluding hydrogens is 153 g/mol. The number of allylic oxidation sites excluding steroid dienone is 1. The summed E-state index contributed by atoms with van der Waals surface area (Å²) in [6, 6.07) is 0.0636. The van der Waals surface area contributed by atoms with Crippen molar-refractivity contribution >= 4 is 0 Å². The van der Waals surface area contributed by atoms with Crippen LogP contribution in [0.5, 0.6) is 0 Å². The fourth-order valence-electron chi connectivity index (χ4n) is 1.59. The van der Waals surface area contributed by atoms with Crippen LogP contribution >= 0.6 is 0 Å². The van der Waals surface area contributed by atoms with Crippen molar-refractivity contribution < 1.29 is 4.39 Å². The molecule has 1 heterocycles. The van der Waals surface area contributed by atoms with Gasteiger partial charge in [-0.2, -0.15) is 0 Å². The SMILES string of the molecule is CC(C)=CC(F)C1CCCCN1. The van der Waals surface area contributed by atoms with Crippen LogP contribution in [-0.4, -0.2) is 18.8 Å². The zero-order valence-corrected chi connectivity index (χ0v) is 7.94. The van der Waals surface area contributed by atoms with Crippen molar-refractivity contribution in [2.75, 3.05) is 6.54 Å². The molecule has 0 aliphatic carbocycles. The van der Waals surface area contributed by atoms with Crippen molar-refractivity contribution in [2.24, 2.45) is 0 Å². The lowest BCUT2D eigenvalue weighted by molar-refractivity contribution is 0.259. The molecule has 0 bridgehead atoms. The van der Waals surface area contributed by atoms with E-state index in [9.17, 15) is 4.39 Å². The van der Waals surface area contributed by atoms with Crippen LogP contribution in [0.25, 0.3) is 0 Å². The first-order valence-corrected chi connectivity index (χ1v) is 4.72. The van der Waals surface area contributed by atoms with Crippen molar-refractivity contribution in [3.8, 4) is 0 Å². The number of piperidine rings is 1. The Morgan fingerprint density at radius 3 is 2.75 bits per heavy atom. The second-order valence-electron chi connectivity index (χ2n) is 3.74. The summed E-state index contributed by atoms with van der Waals surface area (Å²) in [5.74, 6) is 0. The Hall–Kier alpha value is -0.370. The monoisotopic (exact) mass is 171 g/mol. The minimum Gasteiger partial charge on any atom is -0.311 e. The van der Waals surface area contributed by atoms with Gasteiger partial charge < -0.3 is 5.32 Å². The van der Waals surface area contributed by atoms with E-state index in [0.717, 1.165) is 25.0 Å². The van der Waals surface area contributed by atoms with Gasteiger partial charge in [-0.15, -0.1) is 0 Å². The van der Waals surface area contributed by atoms with E-state index in [4.69, 9.17) is 0 Å². The summed E-state index contributed by atoms with van der Waals surface area (Å²) >= 11 is 0. The van der Waals surface area contributed by atoms with Crippen LogP contribution in [0, 0.1) is 0 Å². The summed E-state index contributed by atoms with van der Waals surface area (Å²) in [7, 11) is 0. The number of nitrogens with one attached hydrogen (secondary N) is 1. The fraction of sp³-hybridized carbons (Fsp3) is 0.800. The number of hydrogen-bond acceptors (Lipinski definition) is 1. The first-order chi connectivity index (χ1) is 5.70. The molecule has 1 rings (SSSR count). The second kappa shape index (κ2) is 4.61. The zero-order valence-electron chi connectivity index (χ0n) is 7.94. The number of alkyl halides is 1. The molecule has 0 saturated carbocycles. The standard InChI is InChI=1S/C10H18FN/c1-8(2)7-9(11)10-5-3-4-6-12-10/h7,9-10,12H,3-6H2,1-2H3. The average molecular weight is 171 g/mol. The van der Waals surface area contributed by atoms with Crippen LogP contribution in [-0.2, 0) is 0 Å². The molecular formula is C10H18FN. The minimum atomic E-state index is -0.796. The molecule has 2 atom stereocenters. The van der Waals surface area contributed by atoms with Crippen LogP contribution < -0.4 is 5.32 Å². The highest BCUT2D eigenvalue weighted by atomic mass is 19.1. The zero-order chi connectivity index (χ0) is 8.97. The summed E-state index contributed by atoms with van der Waals surface area (Å²) < 4.78 is 13.4. The molecule has 0 spiro atoms. The fourth-order valence-corrected chi connectivity index (χ4v) is 1.59. The quantitative estimate of drug-likeness (QED) is 0.629. The second-order valence-corrected chi connectivity index (χ2v) is 3.74. The molecule has 0 radical (unpaired) electrons. The predicted octanol–water partition coefficient (Wildman–Crippen LogP) is 2.43. The Balaban J connectivity index is 2.39. The van der Waals surface area contributed by atoms with Crippen molar-refractivity contribution in [1.82, 2.24) is 5.32 Å². The lowest BCUT2D eigenvalue weighted by Crippen LogP contribution is -2.40. The topological polar surface area (TPSA) is 12.0 Å². The van der Waals surface area contributed by atoms with E-state index in [0.29, 0.717) is 0 Å². The molecule has 0 aromatic rings. The molecule has 70 valence electrons. The van der Waals surface area contributed by atoms with Crippen molar-refractivity contribution in [3.63, 3.8) is 0 Å². The molecule has 1 aliphatic rings. The van der Waals surface area contributed by atoms with Crippen LogP contribution in [0.3, 0.4) is 0 Å². The average Bonchev–Trinajstić information content (AvgIpc) is 2.05. The van der Waals surface area contributed by atoms with E-state index in [1.54, 1.807) is 6.08 Å². The van der Waals surface area contributed by atoms with E-state index in [2.05, 4.69) is 5.32 Å². The summed E-state index contributed by atoms with van der Waals surface area (Å²) in [6.07, 6.45) is 4.25. The first kappa shape index (κ1) is 9.72. The summed E-state index contributed by atoms with van der Waals surface area (Å²) in [5, 5.41) is 3.20. The molecule has 0 amide bonds. The van der Waals surface area contributed by atoms with Crippen LogP contribution in [0.2, 0.25) is 0 Å². The van der Waals surface area contributed by atoms with E-state index >= 15 is 0 Å². The highest BCUT2D eigenvalue weighted by Gasteiger charge is 2.20. The normalized spacial score (nSPS) is 26.4. The van der Waals surface area contributed by atoms with E-state index in [-0.39, 0.29) is 6.04 Å². The van der Waals surface area contributed by atoms with Gasteiger partial charge >= 0.3 is 0 Å². The molecule has 1 aliphatic heterocycles. The Kier molecular flexibility index (Phi) is 3.73. The van der Waals surface area contributed by atoms with Crippen molar-refractivity contribution in [1.29, 1.82) is 0 Å². The van der Waals surface area contributed by atoms with Gasteiger partial charge in [0.05, 0.1) is 0 Å². The third-order valence-electron chi connectivity index (χ3n) is 2.23. The third-order valence-corrected chi connectivity index (χ3v) is 2.23. The Morgan fingerprint density at radius 2 is 2.25 bits per heavy atom. The Morgan fingerprint density at radius 1 is 1.50 bits per heavy atom. The molecule has 1 saturated heterocycles.